The number of nitrogens with zero attached hydrogens (tertiary/aromatic N) is 3. The number of aromatic nitrogens is 1. The van der Waals surface area contributed by atoms with Crippen molar-refractivity contribution in [2.45, 2.75) is 51.8 Å². The van der Waals surface area contributed by atoms with Crippen LogP contribution in [0.3, 0.4) is 0 Å². The van der Waals surface area contributed by atoms with E-state index in [-0.39, 0.29) is 36.4 Å². The lowest BCUT2D eigenvalue weighted by molar-refractivity contribution is 0.0324. The Balaban J connectivity index is 1.62. The summed E-state index contributed by atoms with van der Waals surface area (Å²) < 4.78 is 20.5. The Morgan fingerprint density at radius 2 is 2.15 bits per heavy atom. The Morgan fingerprint density at radius 1 is 1.35 bits per heavy atom. The highest BCUT2D eigenvalue weighted by Crippen LogP contribution is 2.32. The number of aliphatic hydroxyl groups excluding tert-OH is 1. The molecule has 2 aliphatic rings. The van der Waals surface area contributed by atoms with Gasteiger partial charge in [0.15, 0.2) is 0 Å². The van der Waals surface area contributed by atoms with Crippen LogP contribution in [-0.4, -0.2) is 64.7 Å². The third-order valence-electron chi connectivity index (χ3n) is 6.82. The van der Waals surface area contributed by atoms with Crippen molar-refractivity contribution in [1.82, 2.24) is 14.8 Å². The van der Waals surface area contributed by atoms with Crippen LogP contribution in [0.5, 0.6) is 5.88 Å². The molecule has 182 valence electrons. The highest BCUT2D eigenvalue weighted by atomic mass is 19.1. The topological polar surface area (TPSA) is 65.9 Å². The Morgan fingerprint density at radius 3 is 2.85 bits per heavy atom. The summed E-state index contributed by atoms with van der Waals surface area (Å²) in [7, 11) is 1.94. The lowest BCUT2D eigenvalue weighted by Crippen LogP contribution is -2.49. The molecule has 1 aromatic heterocycles. The molecule has 0 unspecified atom stereocenters. The first-order chi connectivity index (χ1) is 16.4. The quantitative estimate of drug-likeness (QED) is 0.663. The fourth-order valence-electron chi connectivity index (χ4n) is 4.72. The molecule has 1 aliphatic carbocycles. The molecule has 7 heteroatoms. The van der Waals surface area contributed by atoms with E-state index in [1.54, 1.807) is 23.2 Å². The molecule has 0 saturated carbocycles. The summed E-state index contributed by atoms with van der Waals surface area (Å²) in [6.07, 6.45) is 6.86. The summed E-state index contributed by atoms with van der Waals surface area (Å²) in [4.78, 5) is 21.9. The van der Waals surface area contributed by atoms with Crippen molar-refractivity contribution in [2.75, 3.05) is 26.7 Å². The maximum atomic E-state index is 14.2. The number of carbonyl (C=O) groups is 1. The smallest absolute Gasteiger partial charge is 0.259 e. The van der Waals surface area contributed by atoms with Gasteiger partial charge < -0.3 is 14.7 Å². The summed E-state index contributed by atoms with van der Waals surface area (Å²) >= 11 is 0. The first kappa shape index (κ1) is 24.4. The zero-order chi connectivity index (χ0) is 24.2. The second kappa shape index (κ2) is 10.7. The second-order valence-corrected chi connectivity index (χ2v) is 9.61. The number of benzene rings is 1. The van der Waals surface area contributed by atoms with Crippen LogP contribution in [0.1, 0.15) is 54.6 Å². The van der Waals surface area contributed by atoms with E-state index in [9.17, 15) is 14.3 Å². The lowest BCUT2D eigenvalue weighted by atomic mass is 9.99. The molecule has 0 radical (unpaired) electrons. The number of amides is 1. The van der Waals surface area contributed by atoms with E-state index in [1.165, 1.54) is 11.6 Å². The van der Waals surface area contributed by atoms with E-state index in [1.807, 2.05) is 37.9 Å². The van der Waals surface area contributed by atoms with Gasteiger partial charge in [0.05, 0.1) is 12.6 Å². The van der Waals surface area contributed by atoms with Crippen molar-refractivity contribution in [1.29, 1.82) is 0 Å². The summed E-state index contributed by atoms with van der Waals surface area (Å²) in [5.74, 6) is -0.101. The first-order valence-electron chi connectivity index (χ1n) is 12.1. The molecule has 1 aliphatic heterocycles. The Hall–Kier alpha value is -2.77. The molecule has 3 atom stereocenters. The predicted octanol–water partition coefficient (Wildman–Crippen LogP) is 4.14. The average Bonchev–Trinajstić information content (AvgIpc) is 3.37. The molecule has 1 amide bonds. The Labute approximate surface area is 201 Å². The molecule has 0 bridgehead atoms. The van der Waals surface area contributed by atoms with Crippen LogP contribution in [0, 0.1) is 11.7 Å². The largest absolute Gasteiger partial charge is 0.472 e. The van der Waals surface area contributed by atoms with Crippen molar-refractivity contribution in [3.05, 3.63) is 65.1 Å². The number of likely N-dealkylation sites (N-methyl/N-ethyl adjacent to an activating group) is 1. The van der Waals surface area contributed by atoms with E-state index in [0.717, 1.165) is 24.8 Å². The van der Waals surface area contributed by atoms with Gasteiger partial charge in [-0.15, -0.1) is 0 Å². The third kappa shape index (κ3) is 5.31. The molecule has 34 heavy (non-hydrogen) atoms. The monoisotopic (exact) mass is 467 g/mol. The number of hydrogen-bond acceptors (Lipinski definition) is 5. The summed E-state index contributed by atoms with van der Waals surface area (Å²) in [6.45, 7) is 5.20. The minimum atomic E-state index is -0.327. The van der Waals surface area contributed by atoms with Gasteiger partial charge in [0.2, 0.25) is 5.88 Å². The fraction of sp³-hybridized carbons (Fsp3) is 0.481. The molecular weight excluding hydrogens is 433 g/mol. The summed E-state index contributed by atoms with van der Waals surface area (Å²) in [6, 6.07) is 8.33. The van der Waals surface area contributed by atoms with Crippen molar-refractivity contribution >= 4 is 11.5 Å². The zero-order valence-corrected chi connectivity index (χ0v) is 20.2. The highest BCUT2D eigenvalue weighted by Gasteiger charge is 2.34. The third-order valence-corrected chi connectivity index (χ3v) is 6.82. The molecule has 1 N–H and O–H groups in total. The van der Waals surface area contributed by atoms with Crippen LogP contribution in [-0.2, 0) is 6.54 Å². The van der Waals surface area contributed by atoms with Crippen LogP contribution in [0.2, 0.25) is 0 Å². The van der Waals surface area contributed by atoms with Gasteiger partial charge in [-0.3, -0.25) is 9.69 Å². The molecule has 4 rings (SSSR count). The van der Waals surface area contributed by atoms with Gasteiger partial charge in [-0.1, -0.05) is 31.2 Å². The number of halogens is 1. The lowest BCUT2D eigenvalue weighted by Gasteiger charge is -2.37. The normalized spacial score (nSPS) is 21.5. The highest BCUT2D eigenvalue weighted by molar-refractivity contribution is 5.97. The van der Waals surface area contributed by atoms with E-state index in [4.69, 9.17) is 4.74 Å². The number of rotatable bonds is 7. The molecule has 0 fully saturated rings. The van der Waals surface area contributed by atoms with Crippen LogP contribution in [0.25, 0.3) is 5.57 Å². The van der Waals surface area contributed by atoms with E-state index in [0.29, 0.717) is 36.6 Å². The van der Waals surface area contributed by atoms with Crippen molar-refractivity contribution in [2.24, 2.45) is 5.92 Å². The number of fused-ring (bicyclic) bond motifs is 1. The SMILES string of the molecule is C[C@H](CO)N1C[C@H](C)[C@H](CN(C)Cc2ccccc2F)Oc2ncc(C3=CCCC3)cc2C1=O. The predicted molar refractivity (Wildman–Crippen MR) is 130 cm³/mol. The zero-order valence-electron chi connectivity index (χ0n) is 20.2. The molecule has 2 aromatic rings. The van der Waals surface area contributed by atoms with Gasteiger partial charge in [0.25, 0.3) is 5.91 Å². The first-order valence-corrected chi connectivity index (χ1v) is 12.1. The molecule has 0 saturated heterocycles. The molecule has 0 spiro atoms. The van der Waals surface area contributed by atoms with Crippen molar-refractivity contribution < 1.29 is 19.0 Å². The number of ether oxygens (including phenoxy) is 1. The number of hydrogen-bond donors (Lipinski definition) is 1. The van der Waals surface area contributed by atoms with Crippen LogP contribution in [0.4, 0.5) is 4.39 Å². The minimum Gasteiger partial charge on any atom is -0.472 e. The number of pyridine rings is 1. The van der Waals surface area contributed by atoms with Gasteiger partial charge in [-0.2, -0.15) is 0 Å². The number of carbonyl (C=O) groups excluding carboxylic acids is 1. The van der Waals surface area contributed by atoms with Crippen LogP contribution < -0.4 is 4.74 Å². The van der Waals surface area contributed by atoms with Crippen LogP contribution >= 0.6 is 0 Å². The van der Waals surface area contributed by atoms with Crippen molar-refractivity contribution in [3.63, 3.8) is 0 Å². The maximum absolute atomic E-state index is 14.2. The maximum Gasteiger partial charge on any atom is 0.259 e. The standard InChI is InChI=1S/C27H34FN3O3/c1-18-14-31(19(2)17-32)27(33)23-12-22(20-8-4-5-9-20)13-29-26(23)34-25(18)16-30(3)15-21-10-6-7-11-24(21)28/h6-8,10-13,18-19,25,32H,4-5,9,14-17H2,1-3H3/t18-,19+,25-/m0/s1. The number of aliphatic hydroxyl groups is 1. The summed E-state index contributed by atoms with van der Waals surface area (Å²) in [5.41, 5.74) is 3.22. The van der Waals surface area contributed by atoms with Gasteiger partial charge in [-0.05, 0) is 56.5 Å². The summed E-state index contributed by atoms with van der Waals surface area (Å²) in [5, 5.41) is 9.84. The van der Waals surface area contributed by atoms with Crippen LogP contribution in [0.15, 0.2) is 42.6 Å². The van der Waals surface area contributed by atoms with E-state index in [2.05, 4.69) is 11.1 Å². The average molecular weight is 468 g/mol. The minimum absolute atomic E-state index is 0.0202. The Kier molecular flexibility index (Phi) is 7.63. The van der Waals surface area contributed by atoms with E-state index >= 15 is 0 Å². The van der Waals surface area contributed by atoms with Crippen molar-refractivity contribution in [3.8, 4) is 5.88 Å². The fourth-order valence-corrected chi connectivity index (χ4v) is 4.72. The second-order valence-electron chi connectivity index (χ2n) is 9.61. The van der Waals surface area contributed by atoms with Gasteiger partial charge in [-0.25, -0.2) is 9.37 Å². The molecule has 1 aromatic carbocycles. The van der Waals surface area contributed by atoms with E-state index < -0.39 is 0 Å². The Bertz CT molecular complexity index is 1060. The molecule has 6 nitrogen and oxygen atoms in total. The number of allylic oxidation sites excluding steroid dienone is 2. The molecular formula is C27H34FN3O3. The van der Waals surface area contributed by atoms with Gasteiger partial charge >= 0.3 is 0 Å². The van der Waals surface area contributed by atoms with Gasteiger partial charge in [0, 0.05) is 37.3 Å². The van der Waals surface area contributed by atoms with Gasteiger partial charge in [0.1, 0.15) is 17.5 Å². The molecule has 2 heterocycles.